The third-order valence-corrected chi connectivity index (χ3v) is 2.15. The molecule has 2 N–H and O–H groups in total. The number of hydrogen-bond acceptors (Lipinski definition) is 4. The van der Waals surface area contributed by atoms with Crippen LogP contribution in [0.15, 0.2) is 0 Å². The summed E-state index contributed by atoms with van der Waals surface area (Å²) in [5.41, 5.74) is 0.106. The quantitative estimate of drug-likeness (QED) is 0.703. The predicted molar refractivity (Wildman–Crippen MR) is 43.4 cm³/mol. The van der Waals surface area contributed by atoms with Gasteiger partial charge in [0.2, 0.25) is 0 Å². The molecule has 0 aliphatic carbocycles. The molecule has 0 saturated heterocycles. The molecule has 1 aromatic heterocycles. The molecule has 0 fully saturated rings. The van der Waals surface area contributed by atoms with E-state index in [1.54, 1.807) is 14.0 Å². The van der Waals surface area contributed by atoms with Crippen LogP contribution >= 0.6 is 11.3 Å². The average Bonchev–Trinajstić information content (AvgIpc) is 2.30. The van der Waals surface area contributed by atoms with Gasteiger partial charge in [0.25, 0.3) is 0 Å². The Kier molecular flexibility index (Phi) is 2.09. The topological polar surface area (TPSA) is 62.2 Å². The first kappa shape index (κ1) is 8.00. The van der Waals surface area contributed by atoms with E-state index in [0.717, 1.165) is 5.01 Å². The molecular weight excluding hydrogens is 164 g/mol. The van der Waals surface area contributed by atoms with Gasteiger partial charge < -0.3 is 10.4 Å². The summed E-state index contributed by atoms with van der Waals surface area (Å²) in [5, 5.41) is 12.7. The molecule has 0 radical (unpaired) electrons. The van der Waals surface area contributed by atoms with Gasteiger partial charge in [-0.25, -0.2) is 9.78 Å². The van der Waals surface area contributed by atoms with Crippen molar-refractivity contribution in [2.75, 3.05) is 12.4 Å². The van der Waals surface area contributed by atoms with E-state index >= 15 is 0 Å². The van der Waals surface area contributed by atoms with Crippen LogP contribution in [0.2, 0.25) is 0 Å². The van der Waals surface area contributed by atoms with Crippen molar-refractivity contribution >= 4 is 22.3 Å². The number of hydrogen-bond donors (Lipinski definition) is 2. The molecule has 1 rings (SSSR count). The van der Waals surface area contributed by atoms with Gasteiger partial charge in [-0.3, -0.25) is 0 Å². The number of aromatic nitrogens is 1. The fourth-order valence-electron chi connectivity index (χ4n) is 0.741. The van der Waals surface area contributed by atoms with E-state index in [2.05, 4.69) is 10.3 Å². The molecule has 0 aliphatic heterocycles. The number of rotatable bonds is 2. The zero-order valence-electron chi connectivity index (χ0n) is 6.21. The lowest BCUT2D eigenvalue weighted by atomic mass is 10.5. The van der Waals surface area contributed by atoms with Crippen LogP contribution in [0.1, 0.15) is 15.5 Å². The largest absolute Gasteiger partial charge is 0.476 e. The van der Waals surface area contributed by atoms with Crippen LogP contribution in [-0.2, 0) is 0 Å². The van der Waals surface area contributed by atoms with Gasteiger partial charge in [0, 0.05) is 7.05 Å². The van der Waals surface area contributed by atoms with Crippen molar-refractivity contribution in [1.82, 2.24) is 4.98 Å². The Morgan fingerprint density at radius 2 is 2.36 bits per heavy atom. The zero-order chi connectivity index (χ0) is 8.43. The lowest BCUT2D eigenvalue weighted by Gasteiger charge is -1.92. The maximum Gasteiger partial charge on any atom is 0.357 e. The predicted octanol–water partition coefficient (Wildman–Crippen LogP) is 1.19. The van der Waals surface area contributed by atoms with Gasteiger partial charge in [-0.05, 0) is 6.92 Å². The number of anilines is 1. The second-order valence-corrected chi connectivity index (χ2v) is 3.17. The number of aryl methyl sites for hydroxylation is 1. The van der Waals surface area contributed by atoms with Crippen molar-refractivity contribution in [3.63, 3.8) is 0 Å². The average molecular weight is 172 g/mol. The van der Waals surface area contributed by atoms with Gasteiger partial charge in [0.05, 0.1) is 5.01 Å². The highest BCUT2D eigenvalue weighted by Crippen LogP contribution is 2.22. The molecule has 1 heterocycles. The first-order valence-electron chi connectivity index (χ1n) is 3.03. The molecule has 11 heavy (non-hydrogen) atoms. The van der Waals surface area contributed by atoms with Gasteiger partial charge in [-0.15, -0.1) is 11.3 Å². The molecule has 0 aromatic carbocycles. The Bertz CT molecular complexity index is 282. The van der Waals surface area contributed by atoms with E-state index in [4.69, 9.17) is 5.11 Å². The zero-order valence-corrected chi connectivity index (χ0v) is 7.03. The molecule has 0 bridgehead atoms. The van der Waals surface area contributed by atoms with Crippen LogP contribution in [0.3, 0.4) is 0 Å². The monoisotopic (exact) mass is 172 g/mol. The van der Waals surface area contributed by atoms with Crippen LogP contribution < -0.4 is 5.32 Å². The minimum atomic E-state index is -0.987. The molecule has 4 nitrogen and oxygen atoms in total. The van der Waals surface area contributed by atoms with E-state index in [0.29, 0.717) is 5.00 Å². The number of thiazole rings is 1. The fraction of sp³-hybridized carbons (Fsp3) is 0.333. The van der Waals surface area contributed by atoms with Crippen LogP contribution in [0, 0.1) is 6.92 Å². The molecule has 0 spiro atoms. The summed E-state index contributed by atoms with van der Waals surface area (Å²) >= 11 is 1.34. The molecule has 1 aromatic rings. The van der Waals surface area contributed by atoms with E-state index in [9.17, 15) is 4.79 Å². The van der Waals surface area contributed by atoms with Gasteiger partial charge >= 0.3 is 5.97 Å². The maximum absolute atomic E-state index is 10.5. The minimum Gasteiger partial charge on any atom is -0.476 e. The summed E-state index contributed by atoms with van der Waals surface area (Å²) in [6, 6.07) is 0. The van der Waals surface area contributed by atoms with E-state index < -0.39 is 5.97 Å². The number of carboxylic acids is 1. The van der Waals surface area contributed by atoms with Gasteiger partial charge in [0.15, 0.2) is 5.69 Å². The van der Waals surface area contributed by atoms with E-state index in [1.807, 2.05) is 0 Å². The fourth-order valence-corrected chi connectivity index (χ4v) is 1.51. The lowest BCUT2D eigenvalue weighted by Crippen LogP contribution is -2.00. The number of nitrogens with zero attached hydrogens (tertiary/aromatic N) is 1. The van der Waals surface area contributed by atoms with Crippen LogP contribution in [0.5, 0.6) is 0 Å². The Morgan fingerprint density at radius 3 is 2.73 bits per heavy atom. The molecule has 0 atom stereocenters. The third kappa shape index (κ3) is 1.48. The Morgan fingerprint density at radius 1 is 1.73 bits per heavy atom. The molecule has 60 valence electrons. The van der Waals surface area contributed by atoms with E-state index in [1.165, 1.54) is 11.3 Å². The smallest absolute Gasteiger partial charge is 0.357 e. The Balaban J connectivity index is 3.12. The summed E-state index contributed by atoms with van der Waals surface area (Å²) in [6.07, 6.45) is 0. The Hall–Kier alpha value is -1.10. The second-order valence-electron chi connectivity index (χ2n) is 1.97. The molecule has 0 unspecified atom stereocenters. The minimum absolute atomic E-state index is 0.106. The number of carbonyl (C=O) groups is 1. The summed E-state index contributed by atoms with van der Waals surface area (Å²) in [4.78, 5) is 14.3. The molecule has 0 aliphatic rings. The van der Waals surface area contributed by atoms with Crippen LogP contribution in [0.25, 0.3) is 0 Å². The molecule has 0 saturated carbocycles. The van der Waals surface area contributed by atoms with Gasteiger partial charge in [-0.1, -0.05) is 0 Å². The highest BCUT2D eigenvalue weighted by Gasteiger charge is 2.13. The summed E-state index contributed by atoms with van der Waals surface area (Å²) < 4.78 is 0. The maximum atomic E-state index is 10.5. The van der Waals surface area contributed by atoms with Crippen molar-refractivity contribution in [3.05, 3.63) is 10.7 Å². The van der Waals surface area contributed by atoms with Crippen LogP contribution in [-0.4, -0.2) is 23.1 Å². The molecule has 0 amide bonds. The molecular formula is C6H8N2O2S. The summed E-state index contributed by atoms with van der Waals surface area (Å²) in [5.74, 6) is -0.987. The third-order valence-electron chi connectivity index (χ3n) is 1.16. The van der Waals surface area contributed by atoms with Crippen molar-refractivity contribution < 1.29 is 9.90 Å². The first-order valence-corrected chi connectivity index (χ1v) is 3.85. The number of aromatic carboxylic acids is 1. The molecule has 5 heteroatoms. The Labute approximate surface area is 67.9 Å². The number of nitrogens with one attached hydrogen (secondary N) is 1. The van der Waals surface area contributed by atoms with Crippen molar-refractivity contribution in [2.24, 2.45) is 0 Å². The standard InChI is InChI=1S/C6H8N2O2S/c1-3-8-4(6(9)10)5(7-2)11-3/h7H,1-2H3,(H,9,10). The summed E-state index contributed by atoms with van der Waals surface area (Å²) in [6.45, 7) is 1.78. The highest BCUT2D eigenvalue weighted by atomic mass is 32.1. The second kappa shape index (κ2) is 2.87. The lowest BCUT2D eigenvalue weighted by molar-refractivity contribution is 0.0692. The van der Waals surface area contributed by atoms with Gasteiger partial charge in [-0.2, -0.15) is 0 Å². The van der Waals surface area contributed by atoms with Crippen LogP contribution in [0.4, 0.5) is 5.00 Å². The highest BCUT2D eigenvalue weighted by molar-refractivity contribution is 7.16. The van der Waals surface area contributed by atoms with E-state index in [-0.39, 0.29) is 5.69 Å². The van der Waals surface area contributed by atoms with Crippen molar-refractivity contribution in [3.8, 4) is 0 Å². The normalized spacial score (nSPS) is 9.64. The number of carboxylic acid groups (broad SMARTS) is 1. The van der Waals surface area contributed by atoms with Crippen molar-refractivity contribution in [1.29, 1.82) is 0 Å². The van der Waals surface area contributed by atoms with Crippen molar-refractivity contribution in [2.45, 2.75) is 6.92 Å². The van der Waals surface area contributed by atoms with Gasteiger partial charge in [0.1, 0.15) is 5.00 Å². The SMILES string of the molecule is CNc1sc(C)nc1C(=O)O. The first-order chi connectivity index (χ1) is 5.15. The summed E-state index contributed by atoms with van der Waals surface area (Å²) in [7, 11) is 1.68.